The van der Waals surface area contributed by atoms with E-state index in [4.69, 9.17) is 4.74 Å². The number of benzene rings is 1. The normalized spacial score (nSPS) is 10.5. The van der Waals surface area contributed by atoms with E-state index in [9.17, 15) is 9.59 Å². The molecular formula is C17H25NO3. The zero-order chi connectivity index (χ0) is 15.8. The van der Waals surface area contributed by atoms with E-state index in [0.717, 1.165) is 31.2 Å². The highest BCUT2D eigenvalue weighted by Crippen LogP contribution is 2.22. The van der Waals surface area contributed by atoms with Gasteiger partial charge in [-0.3, -0.25) is 4.79 Å². The first-order valence-corrected chi connectivity index (χ1v) is 7.53. The summed E-state index contributed by atoms with van der Waals surface area (Å²) in [6.45, 7) is 5.98. The summed E-state index contributed by atoms with van der Waals surface area (Å²) < 4.78 is 4.75. The number of nitrogens with one attached hydrogen (secondary N) is 1. The first kappa shape index (κ1) is 17.2. The van der Waals surface area contributed by atoms with Crippen LogP contribution in [0.1, 0.15) is 55.5 Å². The molecule has 1 rings (SSSR count). The zero-order valence-electron chi connectivity index (χ0n) is 13.4. The van der Waals surface area contributed by atoms with Crippen LogP contribution < -0.4 is 5.32 Å². The lowest BCUT2D eigenvalue weighted by Crippen LogP contribution is -2.23. The molecule has 0 aliphatic heterocycles. The maximum absolute atomic E-state index is 12.4. The number of amides is 1. The Balaban J connectivity index is 2.91. The van der Waals surface area contributed by atoms with E-state index >= 15 is 0 Å². The molecule has 0 bridgehead atoms. The van der Waals surface area contributed by atoms with Crippen molar-refractivity contribution in [1.82, 2.24) is 0 Å². The average Bonchev–Trinajstić information content (AvgIpc) is 2.48. The third-order valence-electron chi connectivity index (χ3n) is 3.64. The first-order chi connectivity index (χ1) is 10.0. The molecule has 1 amide bonds. The van der Waals surface area contributed by atoms with E-state index in [1.54, 1.807) is 12.1 Å². The Morgan fingerprint density at radius 1 is 1.19 bits per heavy atom. The fourth-order valence-electron chi connectivity index (χ4n) is 2.44. The van der Waals surface area contributed by atoms with Crippen LogP contribution in [0.15, 0.2) is 18.2 Å². The molecule has 116 valence electrons. The van der Waals surface area contributed by atoms with Gasteiger partial charge in [-0.05, 0) is 37.5 Å². The van der Waals surface area contributed by atoms with Gasteiger partial charge in [0.1, 0.15) is 0 Å². The van der Waals surface area contributed by atoms with Crippen LogP contribution in [0.25, 0.3) is 0 Å². The largest absolute Gasteiger partial charge is 0.465 e. The Labute approximate surface area is 126 Å². The van der Waals surface area contributed by atoms with Crippen molar-refractivity contribution in [2.45, 2.75) is 46.5 Å². The summed E-state index contributed by atoms with van der Waals surface area (Å²) in [6, 6.07) is 5.27. The predicted octanol–water partition coefficient (Wildman–Crippen LogP) is 3.94. The van der Waals surface area contributed by atoms with Crippen molar-refractivity contribution in [3.05, 3.63) is 29.3 Å². The fraction of sp³-hybridized carbons (Fsp3) is 0.529. The third-order valence-corrected chi connectivity index (χ3v) is 3.64. The number of carbonyl (C=O) groups is 2. The lowest BCUT2D eigenvalue weighted by molar-refractivity contribution is -0.120. The van der Waals surface area contributed by atoms with Crippen LogP contribution in [0.4, 0.5) is 5.69 Å². The Morgan fingerprint density at radius 2 is 1.81 bits per heavy atom. The third kappa shape index (κ3) is 4.59. The number of hydrogen-bond acceptors (Lipinski definition) is 3. The average molecular weight is 291 g/mol. The number of methoxy groups -OCH3 is 1. The number of anilines is 1. The van der Waals surface area contributed by atoms with E-state index in [-0.39, 0.29) is 17.8 Å². The van der Waals surface area contributed by atoms with Crippen LogP contribution in [0.5, 0.6) is 0 Å². The zero-order valence-corrected chi connectivity index (χ0v) is 13.4. The van der Waals surface area contributed by atoms with E-state index in [2.05, 4.69) is 19.2 Å². The summed E-state index contributed by atoms with van der Waals surface area (Å²) in [5.74, 6) is -0.327. The van der Waals surface area contributed by atoms with Gasteiger partial charge in [0.25, 0.3) is 0 Å². The van der Waals surface area contributed by atoms with Crippen molar-refractivity contribution in [1.29, 1.82) is 0 Å². The van der Waals surface area contributed by atoms with Gasteiger partial charge in [0.2, 0.25) is 5.91 Å². The smallest absolute Gasteiger partial charge is 0.338 e. The van der Waals surface area contributed by atoms with Crippen LogP contribution >= 0.6 is 0 Å². The van der Waals surface area contributed by atoms with Gasteiger partial charge in [0.15, 0.2) is 0 Å². The molecule has 0 aliphatic rings. The highest BCUT2D eigenvalue weighted by molar-refractivity contribution is 5.97. The first-order valence-electron chi connectivity index (χ1n) is 7.53. The van der Waals surface area contributed by atoms with Crippen molar-refractivity contribution in [3.63, 3.8) is 0 Å². The second-order valence-electron chi connectivity index (χ2n) is 5.23. The Hall–Kier alpha value is -1.84. The molecule has 0 aromatic heterocycles. The predicted molar refractivity (Wildman–Crippen MR) is 84.5 cm³/mol. The van der Waals surface area contributed by atoms with Crippen LogP contribution in [0.2, 0.25) is 0 Å². The van der Waals surface area contributed by atoms with E-state index in [1.807, 2.05) is 13.0 Å². The molecule has 0 heterocycles. The van der Waals surface area contributed by atoms with Crippen LogP contribution in [-0.2, 0) is 9.53 Å². The maximum Gasteiger partial charge on any atom is 0.338 e. The van der Waals surface area contributed by atoms with Crippen molar-refractivity contribution in [2.24, 2.45) is 5.92 Å². The number of hydrogen-bond donors (Lipinski definition) is 1. The van der Waals surface area contributed by atoms with Crippen molar-refractivity contribution < 1.29 is 14.3 Å². The second-order valence-corrected chi connectivity index (χ2v) is 5.23. The van der Waals surface area contributed by atoms with Crippen LogP contribution in [-0.4, -0.2) is 19.0 Å². The SMILES string of the molecule is CCCC(CCC)C(=O)Nc1cccc(C(=O)OC)c1C. The molecule has 0 fully saturated rings. The lowest BCUT2D eigenvalue weighted by atomic mass is 9.97. The highest BCUT2D eigenvalue weighted by Gasteiger charge is 2.19. The van der Waals surface area contributed by atoms with Crippen molar-refractivity contribution in [3.8, 4) is 0 Å². The quantitative estimate of drug-likeness (QED) is 0.774. The Kier molecular flexibility index (Phi) is 6.92. The van der Waals surface area contributed by atoms with Gasteiger partial charge < -0.3 is 10.1 Å². The molecule has 0 saturated heterocycles. The molecule has 0 saturated carbocycles. The molecular weight excluding hydrogens is 266 g/mol. The van der Waals surface area contributed by atoms with Gasteiger partial charge in [-0.1, -0.05) is 32.8 Å². The van der Waals surface area contributed by atoms with Gasteiger partial charge in [0, 0.05) is 11.6 Å². The number of esters is 1. The standard InChI is InChI=1S/C17H25NO3/c1-5-8-13(9-6-2)16(19)18-15-11-7-10-14(12(15)3)17(20)21-4/h7,10-11,13H,5-6,8-9H2,1-4H3,(H,18,19). The van der Waals surface area contributed by atoms with Gasteiger partial charge in [0.05, 0.1) is 12.7 Å². The summed E-state index contributed by atoms with van der Waals surface area (Å²) in [5, 5.41) is 2.95. The van der Waals surface area contributed by atoms with Crippen molar-refractivity contribution >= 4 is 17.6 Å². The van der Waals surface area contributed by atoms with Crippen LogP contribution in [0.3, 0.4) is 0 Å². The minimum absolute atomic E-state index is 0.0289. The van der Waals surface area contributed by atoms with Gasteiger partial charge in [-0.25, -0.2) is 4.79 Å². The summed E-state index contributed by atoms with van der Waals surface area (Å²) in [7, 11) is 1.35. The second kappa shape index (κ2) is 8.45. The molecule has 4 nitrogen and oxygen atoms in total. The summed E-state index contributed by atoms with van der Waals surface area (Å²) in [6.07, 6.45) is 3.74. The van der Waals surface area contributed by atoms with Gasteiger partial charge >= 0.3 is 5.97 Å². The molecule has 1 aromatic rings. The monoisotopic (exact) mass is 291 g/mol. The topological polar surface area (TPSA) is 55.4 Å². The molecule has 0 unspecified atom stereocenters. The van der Waals surface area contributed by atoms with Crippen LogP contribution in [0, 0.1) is 12.8 Å². The minimum atomic E-state index is -0.387. The van der Waals surface area contributed by atoms with Gasteiger partial charge in [-0.15, -0.1) is 0 Å². The van der Waals surface area contributed by atoms with E-state index in [0.29, 0.717) is 11.3 Å². The number of carbonyl (C=O) groups excluding carboxylic acids is 2. The summed E-state index contributed by atoms with van der Waals surface area (Å²) in [5.41, 5.74) is 1.90. The van der Waals surface area contributed by atoms with Gasteiger partial charge in [-0.2, -0.15) is 0 Å². The maximum atomic E-state index is 12.4. The highest BCUT2D eigenvalue weighted by atomic mass is 16.5. The van der Waals surface area contributed by atoms with E-state index < -0.39 is 0 Å². The summed E-state index contributed by atoms with van der Waals surface area (Å²) >= 11 is 0. The molecule has 21 heavy (non-hydrogen) atoms. The number of ether oxygens (including phenoxy) is 1. The minimum Gasteiger partial charge on any atom is -0.465 e. The Morgan fingerprint density at radius 3 is 2.33 bits per heavy atom. The summed E-state index contributed by atoms with van der Waals surface area (Å²) in [4.78, 5) is 24.0. The molecule has 1 aromatic carbocycles. The molecule has 4 heteroatoms. The lowest BCUT2D eigenvalue weighted by Gasteiger charge is -2.17. The van der Waals surface area contributed by atoms with Crippen molar-refractivity contribution in [2.75, 3.05) is 12.4 Å². The molecule has 1 N–H and O–H groups in total. The fourth-order valence-corrected chi connectivity index (χ4v) is 2.44. The Bertz CT molecular complexity index is 491. The molecule has 0 radical (unpaired) electrons. The number of rotatable bonds is 7. The molecule has 0 aliphatic carbocycles. The van der Waals surface area contributed by atoms with E-state index in [1.165, 1.54) is 7.11 Å². The molecule has 0 atom stereocenters. The molecule has 0 spiro atoms.